The second kappa shape index (κ2) is 3.30. The van der Waals surface area contributed by atoms with E-state index in [2.05, 4.69) is 0 Å². The lowest BCUT2D eigenvalue weighted by molar-refractivity contribution is -0.126. The van der Waals surface area contributed by atoms with Crippen LogP contribution in [0.3, 0.4) is 0 Å². The van der Waals surface area contributed by atoms with E-state index in [1.54, 1.807) is 0 Å². The lowest BCUT2D eigenvalue weighted by Crippen LogP contribution is -2.33. The summed E-state index contributed by atoms with van der Waals surface area (Å²) < 4.78 is 5.42. The highest BCUT2D eigenvalue weighted by Crippen LogP contribution is 2.34. The molecule has 3 nitrogen and oxygen atoms in total. The van der Waals surface area contributed by atoms with Gasteiger partial charge in [0.05, 0.1) is 5.57 Å². The molecule has 80 valence electrons. The second-order valence-electron chi connectivity index (χ2n) is 5.16. The van der Waals surface area contributed by atoms with Crippen molar-refractivity contribution < 1.29 is 9.53 Å². The molecule has 1 atom stereocenters. The van der Waals surface area contributed by atoms with Gasteiger partial charge in [0.15, 0.2) is 12.0 Å². The molecule has 0 saturated heterocycles. The molecule has 0 amide bonds. The van der Waals surface area contributed by atoms with Crippen molar-refractivity contribution in [1.29, 1.82) is 0 Å². The summed E-state index contributed by atoms with van der Waals surface area (Å²) in [5.74, 6) is 0.491. The fourth-order valence-electron chi connectivity index (χ4n) is 1.65. The quantitative estimate of drug-likeness (QED) is 0.697. The third-order valence-electron chi connectivity index (χ3n) is 2.38. The van der Waals surface area contributed by atoms with Crippen LogP contribution in [0.4, 0.5) is 0 Å². The van der Waals surface area contributed by atoms with Crippen LogP contribution >= 0.6 is 0 Å². The zero-order valence-corrected chi connectivity index (χ0v) is 9.55. The van der Waals surface area contributed by atoms with Gasteiger partial charge < -0.3 is 10.5 Å². The van der Waals surface area contributed by atoms with E-state index >= 15 is 0 Å². The Hall–Kier alpha value is -0.990. The normalized spacial score (nSPS) is 23.3. The number of hydrogen-bond acceptors (Lipinski definition) is 3. The van der Waals surface area contributed by atoms with Crippen LogP contribution < -0.4 is 5.73 Å². The lowest BCUT2D eigenvalue weighted by atomic mass is 9.84. The van der Waals surface area contributed by atoms with E-state index in [1.807, 2.05) is 34.6 Å². The predicted molar refractivity (Wildman–Crippen MR) is 55.4 cm³/mol. The van der Waals surface area contributed by atoms with E-state index in [0.717, 1.165) is 0 Å². The van der Waals surface area contributed by atoms with Crippen molar-refractivity contribution in [2.45, 2.75) is 40.7 Å². The van der Waals surface area contributed by atoms with Crippen LogP contribution in [0.15, 0.2) is 11.5 Å². The van der Waals surface area contributed by atoms with Gasteiger partial charge in [0.25, 0.3) is 0 Å². The van der Waals surface area contributed by atoms with Gasteiger partial charge in [-0.05, 0) is 5.92 Å². The number of Topliss-reactive ketones (excluding diaryl/α,β-unsaturated/α-hetero) is 1. The van der Waals surface area contributed by atoms with Crippen molar-refractivity contribution in [3.63, 3.8) is 0 Å². The number of rotatable bonds is 1. The Kier molecular flexibility index (Phi) is 2.61. The van der Waals surface area contributed by atoms with Gasteiger partial charge in [0.1, 0.15) is 0 Å². The standard InChI is InChI=1S/C11H19NO2/c1-6(2)7-8(13)9(11(3,4)5)14-10(7)12/h6,9H,12H2,1-5H3. The molecular formula is C11H19NO2. The first-order chi connectivity index (χ1) is 6.25. The number of carbonyl (C=O) groups excluding carboxylic acids is 1. The van der Waals surface area contributed by atoms with Crippen molar-refractivity contribution in [2.24, 2.45) is 17.1 Å². The first kappa shape index (κ1) is 11.1. The third-order valence-corrected chi connectivity index (χ3v) is 2.38. The first-order valence-electron chi connectivity index (χ1n) is 4.95. The van der Waals surface area contributed by atoms with Gasteiger partial charge in [-0.2, -0.15) is 0 Å². The first-order valence-corrected chi connectivity index (χ1v) is 4.95. The molecule has 2 N–H and O–H groups in total. The van der Waals surface area contributed by atoms with E-state index in [-0.39, 0.29) is 17.1 Å². The van der Waals surface area contributed by atoms with Crippen LogP contribution in [0, 0.1) is 11.3 Å². The van der Waals surface area contributed by atoms with Gasteiger partial charge in [-0.3, -0.25) is 4.79 Å². The average molecular weight is 197 g/mol. The largest absolute Gasteiger partial charge is 0.467 e. The van der Waals surface area contributed by atoms with Gasteiger partial charge in [-0.25, -0.2) is 0 Å². The number of carbonyl (C=O) groups is 1. The van der Waals surface area contributed by atoms with Crippen molar-refractivity contribution in [1.82, 2.24) is 0 Å². The van der Waals surface area contributed by atoms with Gasteiger partial charge in [0.2, 0.25) is 5.78 Å². The molecule has 14 heavy (non-hydrogen) atoms. The summed E-state index contributed by atoms with van der Waals surface area (Å²) in [7, 11) is 0. The smallest absolute Gasteiger partial charge is 0.205 e. The molecule has 0 aromatic rings. The SMILES string of the molecule is CC(C)C1=C(N)OC(C(C)(C)C)C1=O. The van der Waals surface area contributed by atoms with Crippen molar-refractivity contribution in [3.8, 4) is 0 Å². The molecule has 0 radical (unpaired) electrons. The van der Waals surface area contributed by atoms with Crippen LogP contribution in [0.2, 0.25) is 0 Å². The molecule has 0 aliphatic carbocycles. The molecule has 1 heterocycles. The molecule has 1 aliphatic rings. The average Bonchev–Trinajstić information content (AvgIpc) is 2.24. The molecule has 0 aromatic carbocycles. The van der Waals surface area contributed by atoms with Gasteiger partial charge in [-0.15, -0.1) is 0 Å². The minimum Gasteiger partial charge on any atom is -0.467 e. The molecular weight excluding hydrogens is 178 g/mol. The van der Waals surface area contributed by atoms with Crippen LogP contribution in [-0.2, 0) is 9.53 Å². The Morgan fingerprint density at radius 2 is 1.86 bits per heavy atom. The summed E-state index contributed by atoms with van der Waals surface area (Å²) in [6.45, 7) is 9.84. The van der Waals surface area contributed by atoms with Gasteiger partial charge >= 0.3 is 0 Å². The molecule has 1 rings (SSSR count). The minimum atomic E-state index is -0.417. The highest BCUT2D eigenvalue weighted by Gasteiger charge is 2.42. The van der Waals surface area contributed by atoms with Crippen molar-refractivity contribution in [3.05, 3.63) is 11.5 Å². The summed E-state index contributed by atoms with van der Waals surface area (Å²) in [6.07, 6.45) is -0.417. The number of hydrogen-bond donors (Lipinski definition) is 1. The molecule has 0 saturated carbocycles. The van der Waals surface area contributed by atoms with E-state index in [0.29, 0.717) is 11.5 Å². The van der Waals surface area contributed by atoms with E-state index in [9.17, 15) is 4.79 Å². The Balaban J connectivity index is 2.95. The third kappa shape index (κ3) is 1.76. The fourth-order valence-corrected chi connectivity index (χ4v) is 1.65. The Labute approximate surface area is 85.3 Å². The summed E-state index contributed by atoms with van der Waals surface area (Å²) >= 11 is 0. The fraction of sp³-hybridized carbons (Fsp3) is 0.727. The Bertz CT molecular complexity index is 284. The van der Waals surface area contributed by atoms with Crippen LogP contribution in [0.5, 0.6) is 0 Å². The monoisotopic (exact) mass is 197 g/mol. The molecule has 0 fully saturated rings. The van der Waals surface area contributed by atoms with E-state index in [4.69, 9.17) is 10.5 Å². The maximum Gasteiger partial charge on any atom is 0.205 e. The number of ether oxygens (including phenoxy) is 1. The topological polar surface area (TPSA) is 52.3 Å². The predicted octanol–water partition coefficient (Wildman–Crippen LogP) is 1.83. The van der Waals surface area contributed by atoms with Crippen LogP contribution in [0.1, 0.15) is 34.6 Å². The van der Waals surface area contributed by atoms with E-state index < -0.39 is 6.10 Å². The highest BCUT2D eigenvalue weighted by atomic mass is 16.5. The van der Waals surface area contributed by atoms with Crippen molar-refractivity contribution >= 4 is 5.78 Å². The van der Waals surface area contributed by atoms with Gasteiger partial charge in [0, 0.05) is 5.41 Å². The number of ketones is 1. The van der Waals surface area contributed by atoms with Gasteiger partial charge in [-0.1, -0.05) is 34.6 Å². The van der Waals surface area contributed by atoms with Crippen LogP contribution in [0.25, 0.3) is 0 Å². The second-order valence-corrected chi connectivity index (χ2v) is 5.16. The highest BCUT2D eigenvalue weighted by molar-refractivity contribution is 6.01. The molecule has 0 aromatic heterocycles. The van der Waals surface area contributed by atoms with Crippen LogP contribution in [-0.4, -0.2) is 11.9 Å². The summed E-state index contributed by atoms with van der Waals surface area (Å²) in [4.78, 5) is 11.9. The molecule has 1 unspecified atom stereocenters. The van der Waals surface area contributed by atoms with Crippen molar-refractivity contribution in [2.75, 3.05) is 0 Å². The molecule has 1 aliphatic heterocycles. The maximum atomic E-state index is 11.9. The summed E-state index contributed by atoms with van der Waals surface area (Å²) in [5, 5.41) is 0. The summed E-state index contributed by atoms with van der Waals surface area (Å²) in [6, 6.07) is 0. The Morgan fingerprint density at radius 1 is 1.36 bits per heavy atom. The zero-order valence-electron chi connectivity index (χ0n) is 9.55. The Morgan fingerprint density at radius 3 is 2.07 bits per heavy atom. The zero-order chi connectivity index (χ0) is 11.1. The molecule has 3 heteroatoms. The molecule has 0 spiro atoms. The minimum absolute atomic E-state index is 0.0463. The maximum absolute atomic E-state index is 11.9. The lowest BCUT2D eigenvalue weighted by Gasteiger charge is -2.25. The molecule has 0 bridgehead atoms. The van der Waals surface area contributed by atoms with E-state index in [1.165, 1.54) is 0 Å². The summed E-state index contributed by atoms with van der Waals surface area (Å²) in [5.41, 5.74) is 6.14. The number of nitrogens with two attached hydrogens (primary N) is 1.